The first kappa shape index (κ1) is 22.0. The summed E-state index contributed by atoms with van der Waals surface area (Å²) in [7, 11) is 1.85. The summed E-state index contributed by atoms with van der Waals surface area (Å²) in [6.45, 7) is 5.93. The Balaban J connectivity index is 1.23. The lowest BCUT2D eigenvalue weighted by molar-refractivity contribution is 0.0532. The van der Waals surface area contributed by atoms with Gasteiger partial charge in [-0.1, -0.05) is 35.9 Å². The number of benzene rings is 2. The van der Waals surface area contributed by atoms with Gasteiger partial charge < -0.3 is 15.0 Å². The van der Waals surface area contributed by atoms with Crippen LogP contribution in [0.1, 0.15) is 36.8 Å². The standard InChI is InChI=1S/C25H32ClN3O2/c1-18-7-5-9-21(13-18)27-25(30)28(2)16-19-14-22(15-19)31-23-10-6-8-20(24(23)26)17-29-11-3-4-12-29/h5-10,13,19,22H,3-4,11-12,14-17H2,1-2H3,(H,27,30). The predicted molar refractivity (Wildman–Crippen MR) is 126 cm³/mol. The molecule has 0 unspecified atom stereocenters. The third-order valence-corrected chi connectivity index (χ3v) is 6.70. The Bertz CT molecular complexity index is 907. The zero-order valence-corrected chi connectivity index (χ0v) is 19.2. The van der Waals surface area contributed by atoms with Crippen LogP contribution in [0.5, 0.6) is 5.75 Å². The van der Waals surface area contributed by atoms with Crippen molar-refractivity contribution in [1.29, 1.82) is 0 Å². The number of ether oxygens (including phenoxy) is 1. The van der Waals surface area contributed by atoms with Crippen LogP contribution in [0.2, 0.25) is 5.02 Å². The number of hydrogen-bond acceptors (Lipinski definition) is 3. The van der Waals surface area contributed by atoms with Gasteiger partial charge in [0.15, 0.2) is 0 Å². The van der Waals surface area contributed by atoms with Crippen molar-refractivity contribution in [3.63, 3.8) is 0 Å². The minimum atomic E-state index is -0.0763. The highest BCUT2D eigenvalue weighted by atomic mass is 35.5. The summed E-state index contributed by atoms with van der Waals surface area (Å²) in [5.41, 5.74) is 3.10. The number of anilines is 1. The van der Waals surface area contributed by atoms with Gasteiger partial charge in [-0.05, 0) is 80.9 Å². The number of likely N-dealkylation sites (tertiary alicyclic amines) is 1. The summed E-state index contributed by atoms with van der Waals surface area (Å²) in [6.07, 6.45) is 4.59. The number of nitrogens with one attached hydrogen (secondary N) is 1. The Morgan fingerprint density at radius 3 is 2.68 bits per heavy atom. The zero-order valence-electron chi connectivity index (χ0n) is 18.4. The molecule has 2 aromatic rings. The van der Waals surface area contributed by atoms with E-state index in [4.69, 9.17) is 16.3 Å². The van der Waals surface area contributed by atoms with Crippen LogP contribution in [0.25, 0.3) is 0 Å². The molecule has 166 valence electrons. The van der Waals surface area contributed by atoms with E-state index in [1.165, 1.54) is 12.8 Å². The van der Waals surface area contributed by atoms with Gasteiger partial charge in [-0.2, -0.15) is 0 Å². The largest absolute Gasteiger partial charge is 0.489 e. The number of rotatable bonds is 7. The highest BCUT2D eigenvalue weighted by molar-refractivity contribution is 6.32. The van der Waals surface area contributed by atoms with E-state index < -0.39 is 0 Å². The maximum atomic E-state index is 12.5. The van der Waals surface area contributed by atoms with Crippen LogP contribution < -0.4 is 10.1 Å². The van der Waals surface area contributed by atoms with E-state index in [9.17, 15) is 4.79 Å². The van der Waals surface area contributed by atoms with E-state index >= 15 is 0 Å². The highest BCUT2D eigenvalue weighted by Gasteiger charge is 2.33. The van der Waals surface area contributed by atoms with Gasteiger partial charge in [0.2, 0.25) is 0 Å². The highest BCUT2D eigenvalue weighted by Crippen LogP contribution is 2.36. The Morgan fingerprint density at radius 2 is 1.94 bits per heavy atom. The van der Waals surface area contributed by atoms with Crippen LogP contribution in [0.4, 0.5) is 10.5 Å². The molecule has 0 radical (unpaired) electrons. The second-order valence-corrected chi connectivity index (χ2v) is 9.35. The minimum absolute atomic E-state index is 0.0763. The van der Waals surface area contributed by atoms with Crippen molar-refractivity contribution in [3.05, 3.63) is 58.6 Å². The molecule has 2 aliphatic rings. The third-order valence-electron chi connectivity index (χ3n) is 6.27. The van der Waals surface area contributed by atoms with E-state index in [0.717, 1.165) is 66.6 Å². The van der Waals surface area contributed by atoms with Crippen LogP contribution in [0.15, 0.2) is 42.5 Å². The molecule has 2 fully saturated rings. The molecule has 1 aliphatic carbocycles. The second kappa shape index (κ2) is 9.92. The maximum Gasteiger partial charge on any atom is 0.321 e. The summed E-state index contributed by atoms with van der Waals surface area (Å²) in [5.74, 6) is 1.23. The lowest BCUT2D eigenvalue weighted by Gasteiger charge is -2.37. The molecule has 1 saturated heterocycles. The molecule has 2 aromatic carbocycles. The lowest BCUT2D eigenvalue weighted by atomic mass is 9.82. The quantitative estimate of drug-likeness (QED) is 0.611. The van der Waals surface area contributed by atoms with Crippen molar-refractivity contribution in [3.8, 4) is 5.75 Å². The SMILES string of the molecule is Cc1cccc(NC(=O)N(C)CC2CC(Oc3cccc(CN4CCCC4)c3Cl)C2)c1. The molecule has 5 nitrogen and oxygen atoms in total. The normalized spacial score (nSPS) is 20.9. The van der Waals surface area contributed by atoms with Gasteiger partial charge in [0.1, 0.15) is 5.75 Å². The van der Waals surface area contributed by atoms with Gasteiger partial charge in [-0.15, -0.1) is 0 Å². The fourth-order valence-electron chi connectivity index (χ4n) is 4.46. The molecule has 0 atom stereocenters. The van der Waals surface area contributed by atoms with Gasteiger partial charge in [-0.25, -0.2) is 4.79 Å². The molecule has 1 N–H and O–H groups in total. The average Bonchev–Trinajstić information content (AvgIpc) is 3.22. The smallest absolute Gasteiger partial charge is 0.321 e. The molecule has 0 spiro atoms. The number of aryl methyl sites for hydroxylation is 1. The van der Waals surface area contributed by atoms with Crippen LogP contribution in [0, 0.1) is 12.8 Å². The van der Waals surface area contributed by atoms with Crippen LogP contribution in [-0.2, 0) is 6.54 Å². The Kier molecular flexibility index (Phi) is 7.03. The number of carbonyl (C=O) groups is 1. The summed E-state index contributed by atoms with van der Waals surface area (Å²) in [4.78, 5) is 16.7. The maximum absolute atomic E-state index is 12.5. The molecular formula is C25H32ClN3O2. The van der Waals surface area contributed by atoms with Gasteiger partial charge in [0.25, 0.3) is 0 Å². The van der Waals surface area contributed by atoms with Gasteiger partial charge in [0, 0.05) is 25.8 Å². The van der Waals surface area contributed by atoms with Crippen LogP contribution >= 0.6 is 11.6 Å². The molecule has 6 heteroatoms. The molecule has 1 saturated carbocycles. The molecule has 4 rings (SSSR count). The first-order chi connectivity index (χ1) is 15.0. The van der Waals surface area contributed by atoms with Crippen LogP contribution in [-0.4, -0.2) is 48.6 Å². The zero-order chi connectivity index (χ0) is 21.8. The molecule has 0 aromatic heterocycles. The van der Waals surface area contributed by atoms with Crippen molar-refractivity contribution in [2.75, 3.05) is 32.0 Å². The summed E-state index contributed by atoms with van der Waals surface area (Å²) in [5, 5.41) is 3.71. The van der Waals surface area contributed by atoms with Crippen molar-refractivity contribution in [2.45, 2.75) is 45.3 Å². The second-order valence-electron chi connectivity index (χ2n) is 8.97. The van der Waals surface area contributed by atoms with Gasteiger partial charge in [0.05, 0.1) is 11.1 Å². The first-order valence-corrected chi connectivity index (χ1v) is 11.6. The van der Waals surface area contributed by atoms with Crippen molar-refractivity contribution >= 4 is 23.3 Å². The Hall–Kier alpha value is -2.24. The third kappa shape index (κ3) is 5.72. The predicted octanol–water partition coefficient (Wildman–Crippen LogP) is 5.57. The summed E-state index contributed by atoms with van der Waals surface area (Å²) < 4.78 is 6.20. The van der Waals surface area contributed by atoms with Crippen molar-refractivity contribution in [2.24, 2.45) is 5.92 Å². The first-order valence-electron chi connectivity index (χ1n) is 11.2. The number of carbonyl (C=O) groups excluding carboxylic acids is 1. The van der Waals surface area contributed by atoms with Crippen molar-refractivity contribution < 1.29 is 9.53 Å². The Labute approximate surface area is 190 Å². The molecule has 1 aliphatic heterocycles. The lowest BCUT2D eigenvalue weighted by Crippen LogP contribution is -2.43. The number of urea groups is 1. The Morgan fingerprint density at radius 1 is 1.19 bits per heavy atom. The van der Waals surface area contributed by atoms with E-state index in [1.807, 2.05) is 50.4 Å². The number of amides is 2. The molecule has 2 amide bonds. The fraction of sp³-hybridized carbons (Fsp3) is 0.480. The van der Waals surface area contributed by atoms with E-state index in [0.29, 0.717) is 5.92 Å². The monoisotopic (exact) mass is 441 g/mol. The fourth-order valence-corrected chi connectivity index (χ4v) is 4.69. The summed E-state index contributed by atoms with van der Waals surface area (Å²) in [6, 6.07) is 13.9. The van der Waals surface area contributed by atoms with Crippen LogP contribution in [0.3, 0.4) is 0 Å². The molecule has 1 heterocycles. The number of halogens is 1. The number of hydrogen-bond donors (Lipinski definition) is 1. The number of nitrogens with zero attached hydrogens (tertiary/aromatic N) is 2. The molecule has 0 bridgehead atoms. The van der Waals surface area contributed by atoms with E-state index in [-0.39, 0.29) is 12.1 Å². The topological polar surface area (TPSA) is 44.8 Å². The van der Waals surface area contributed by atoms with E-state index in [2.05, 4.69) is 16.3 Å². The average molecular weight is 442 g/mol. The minimum Gasteiger partial charge on any atom is -0.489 e. The van der Waals surface area contributed by atoms with Gasteiger partial charge >= 0.3 is 6.03 Å². The van der Waals surface area contributed by atoms with E-state index in [1.54, 1.807) is 4.90 Å². The van der Waals surface area contributed by atoms with Gasteiger partial charge in [-0.3, -0.25) is 4.90 Å². The van der Waals surface area contributed by atoms with Crippen molar-refractivity contribution in [1.82, 2.24) is 9.80 Å². The molecule has 31 heavy (non-hydrogen) atoms. The molecular weight excluding hydrogens is 410 g/mol. The summed E-state index contributed by atoms with van der Waals surface area (Å²) >= 11 is 6.65.